The topological polar surface area (TPSA) is 114 Å². The summed E-state index contributed by atoms with van der Waals surface area (Å²) in [5.74, 6) is -2.33. The summed E-state index contributed by atoms with van der Waals surface area (Å²) in [4.78, 5) is 39.7. The van der Waals surface area contributed by atoms with Crippen LogP contribution < -0.4 is 25.0 Å². The number of amides is 3. The number of carbonyl (C=O) groups is 3. The van der Waals surface area contributed by atoms with Gasteiger partial charge in [0.25, 0.3) is 0 Å². The number of nitrogens with zero attached hydrogens (tertiary/aromatic N) is 1. The molecule has 0 radical (unpaired) electrons. The van der Waals surface area contributed by atoms with Crippen molar-refractivity contribution in [2.75, 3.05) is 28.5 Å². The molecule has 3 amide bonds. The second-order valence-corrected chi connectivity index (χ2v) is 10.5. The number of para-hydroxylation sites is 1. The van der Waals surface area contributed by atoms with Crippen molar-refractivity contribution in [2.45, 2.75) is 51.1 Å². The summed E-state index contributed by atoms with van der Waals surface area (Å²) in [6.07, 6.45) is 4.87. The predicted octanol–water partition coefficient (Wildman–Crippen LogP) is 3.11. The highest BCUT2D eigenvalue weighted by Gasteiger charge is 2.31. The maximum atomic E-state index is 14.7. The van der Waals surface area contributed by atoms with Crippen LogP contribution in [-0.4, -0.2) is 52.3 Å². The molecule has 2 aliphatic rings. The van der Waals surface area contributed by atoms with Gasteiger partial charge in [-0.3, -0.25) is 23.5 Å². The summed E-state index contributed by atoms with van der Waals surface area (Å²) in [5, 5.41) is 5.58. The Morgan fingerprint density at radius 1 is 1.05 bits per heavy atom. The van der Waals surface area contributed by atoms with E-state index in [-0.39, 0.29) is 18.5 Å². The number of rotatable bonds is 9. The molecule has 2 aromatic carbocycles. The first kappa shape index (κ1) is 26.6. The number of halogens is 1. The molecule has 1 aliphatic heterocycles. The molecule has 4 rings (SSSR count). The first-order valence-electron chi connectivity index (χ1n) is 12.2. The van der Waals surface area contributed by atoms with Crippen LogP contribution in [0.3, 0.4) is 0 Å². The normalized spacial score (nSPS) is 16.5. The van der Waals surface area contributed by atoms with Crippen LogP contribution in [0.15, 0.2) is 42.5 Å². The number of benzene rings is 2. The summed E-state index contributed by atoms with van der Waals surface area (Å²) >= 11 is 0. The van der Waals surface area contributed by atoms with Crippen LogP contribution in [-0.2, 0) is 25.2 Å². The van der Waals surface area contributed by atoms with Crippen molar-refractivity contribution in [1.29, 1.82) is 0 Å². The monoisotopic (exact) mass is 531 g/mol. The zero-order chi connectivity index (χ0) is 26.4. The number of hydrogen-bond donors (Lipinski definition) is 2. The third-order valence-electron chi connectivity index (χ3n) is 6.33. The standard InChI is InChI=1S/C26H30FN3O6S/c1-17(26(33)29-18-7-3-2-4-8-18)30(21-10-6-5-9-20(21)27)25(32)15-37(34)14-24(31)28-19-11-12-22-23(13-19)36-16-35-22/h5-6,9-13,17-18H,2-4,7-8,14-16H2,1H3,(H,28,31)(H,29,33). The quantitative estimate of drug-likeness (QED) is 0.514. The lowest BCUT2D eigenvalue weighted by Gasteiger charge is -2.31. The second kappa shape index (κ2) is 12.2. The zero-order valence-electron chi connectivity index (χ0n) is 20.5. The minimum atomic E-state index is -1.90. The van der Waals surface area contributed by atoms with E-state index in [0.29, 0.717) is 17.2 Å². The van der Waals surface area contributed by atoms with Gasteiger partial charge >= 0.3 is 0 Å². The molecule has 198 valence electrons. The summed E-state index contributed by atoms with van der Waals surface area (Å²) in [5.41, 5.74) is 0.346. The fraction of sp³-hybridized carbons (Fsp3) is 0.423. The van der Waals surface area contributed by atoms with Gasteiger partial charge in [-0.2, -0.15) is 0 Å². The van der Waals surface area contributed by atoms with E-state index in [1.807, 2.05) is 0 Å². The Morgan fingerprint density at radius 2 is 1.78 bits per heavy atom. The highest BCUT2D eigenvalue weighted by atomic mass is 32.2. The Bertz CT molecular complexity index is 1190. The largest absolute Gasteiger partial charge is 0.454 e. The molecule has 2 atom stereocenters. The van der Waals surface area contributed by atoms with E-state index in [1.165, 1.54) is 25.1 Å². The second-order valence-electron chi connectivity index (χ2n) is 9.08. The summed E-state index contributed by atoms with van der Waals surface area (Å²) in [7, 11) is -1.90. The van der Waals surface area contributed by atoms with Gasteiger partial charge in [0.2, 0.25) is 24.5 Å². The van der Waals surface area contributed by atoms with Gasteiger partial charge in [0.1, 0.15) is 23.4 Å². The van der Waals surface area contributed by atoms with E-state index in [2.05, 4.69) is 10.6 Å². The van der Waals surface area contributed by atoms with E-state index < -0.39 is 51.9 Å². The fourth-order valence-corrected chi connectivity index (χ4v) is 5.35. The predicted molar refractivity (Wildman–Crippen MR) is 137 cm³/mol. The molecule has 2 aromatic rings. The van der Waals surface area contributed by atoms with Gasteiger partial charge in [-0.25, -0.2) is 4.39 Å². The van der Waals surface area contributed by atoms with Gasteiger partial charge in [0.05, 0.1) is 5.69 Å². The van der Waals surface area contributed by atoms with Crippen molar-refractivity contribution >= 4 is 39.9 Å². The van der Waals surface area contributed by atoms with Crippen LogP contribution in [0.25, 0.3) is 0 Å². The molecule has 11 heteroatoms. The lowest BCUT2D eigenvalue weighted by molar-refractivity contribution is -0.126. The van der Waals surface area contributed by atoms with Crippen molar-refractivity contribution < 1.29 is 32.5 Å². The van der Waals surface area contributed by atoms with E-state index >= 15 is 0 Å². The molecule has 1 heterocycles. The third kappa shape index (κ3) is 6.85. The van der Waals surface area contributed by atoms with E-state index in [1.54, 1.807) is 24.3 Å². The van der Waals surface area contributed by atoms with Crippen LogP contribution >= 0.6 is 0 Å². The van der Waals surface area contributed by atoms with E-state index in [0.717, 1.165) is 37.0 Å². The lowest BCUT2D eigenvalue weighted by atomic mass is 9.95. The number of nitrogens with one attached hydrogen (secondary N) is 2. The average Bonchev–Trinajstić information content (AvgIpc) is 3.33. The third-order valence-corrected chi connectivity index (χ3v) is 7.48. The maximum Gasteiger partial charge on any atom is 0.243 e. The summed E-state index contributed by atoms with van der Waals surface area (Å²) in [6.45, 7) is 1.60. The zero-order valence-corrected chi connectivity index (χ0v) is 21.4. The first-order chi connectivity index (χ1) is 17.8. The highest BCUT2D eigenvalue weighted by Crippen LogP contribution is 2.34. The number of fused-ring (bicyclic) bond motifs is 1. The van der Waals surface area contributed by atoms with Crippen LogP contribution in [0.4, 0.5) is 15.8 Å². The van der Waals surface area contributed by atoms with Gasteiger partial charge in [0.15, 0.2) is 11.5 Å². The van der Waals surface area contributed by atoms with Gasteiger partial charge < -0.3 is 20.1 Å². The van der Waals surface area contributed by atoms with Crippen LogP contribution in [0, 0.1) is 5.82 Å². The molecular weight excluding hydrogens is 501 g/mol. The minimum Gasteiger partial charge on any atom is -0.454 e. The smallest absolute Gasteiger partial charge is 0.243 e. The van der Waals surface area contributed by atoms with Gasteiger partial charge in [-0.05, 0) is 44.0 Å². The van der Waals surface area contributed by atoms with Crippen molar-refractivity contribution in [1.82, 2.24) is 5.32 Å². The molecule has 1 fully saturated rings. The Balaban J connectivity index is 1.40. The van der Waals surface area contributed by atoms with Crippen LogP contribution in [0.1, 0.15) is 39.0 Å². The molecule has 2 unspecified atom stereocenters. The van der Waals surface area contributed by atoms with Gasteiger partial charge in [-0.1, -0.05) is 31.4 Å². The number of anilines is 2. The van der Waals surface area contributed by atoms with Crippen LogP contribution in [0.5, 0.6) is 11.5 Å². The maximum absolute atomic E-state index is 14.7. The average molecular weight is 532 g/mol. The molecule has 0 bridgehead atoms. The van der Waals surface area contributed by atoms with E-state index in [9.17, 15) is 23.0 Å². The number of carbonyl (C=O) groups excluding carboxylic acids is 3. The molecule has 37 heavy (non-hydrogen) atoms. The Kier molecular flexibility index (Phi) is 8.75. The van der Waals surface area contributed by atoms with Gasteiger partial charge in [0, 0.05) is 28.6 Å². The molecule has 0 saturated heterocycles. The minimum absolute atomic E-state index is 0.00952. The first-order valence-corrected chi connectivity index (χ1v) is 13.7. The molecule has 9 nitrogen and oxygen atoms in total. The molecule has 2 N–H and O–H groups in total. The van der Waals surface area contributed by atoms with Crippen molar-refractivity contribution in [2.24, 2.45) is 0 Å². The molecule has 1 saturated carbocycles. The number of ether oxygens (including phenoxy) is 2. The molecule has 0 spiro atoms. The fourth-order valence-electron chi connectivity index (χ4n) is 4.47. The van der Waals surface area contributed by atoms with Crippen LogP contribution in [0.2, 0.25) is 0 Å². The highest BCUT2D eigenvalue weighted by molar-refractivity contribution is 7.86. The molecule has 1 aliphatic carbocycles. The summed E-state index contributed by atoms with van der Waals surface area (Å²) < 4.78 is 37.9. The molecular formula is C26H30FN3O6S. The summed E-state index contributed by atoms with van der Waals surface area (Å²) in [6, 6.07) is 9.44. The van der Waals surface area contributed by atoms with Crippen molar-refractivity contribution in [3.63, 3.8) is 0 Å². The SMILES string of the molecule is CC(C(=O)NC1CCCCC1)N(C(=O)CS(=O)CC(=O)Nc1ccc2c(c1)OCO2)c1ccccc1F. The van der Waals surface area contributed by atoms with E-state index in [4.69, 9.17) is 9.47 Å². The lowest BCUT2D eigenvalue weighted by Crippen LogP contribution is -2.52. The Morgan fingerprint density at radius 3 is 2.54 bits per heavy atom. The van der Waals surface area contributed by atoms with Gasteiger partial charge in [-0.15, -0.1) is 0 Å². The molecule has 0 aromatic heterocycles. The number of hydrogen-bond acceptors (Lipinski definition) is 6. The van der Waals surface area contributed by atoms with Crippen molar-refractivity contribution in [3.8, 4) is 11.5 Å². The Labute approximate surface area is 217 Å². The Hall–Kier alpha value is -3.47. The van der Waals surface area contributed by atoms with Crippen molar-refractivity contribution in [3.05, 3.63) is 48.3 Å².